The SMILES string of the molecule is COc1ccc(Cl)cc1/C=C1\C(=O)NC(=O)N(c2ccncc2)C1=O. The van der Waals surface area contributed by atoms with Crippen LogP contribution in [0.2, 0.25) is 5.02 Å². The van der Waals surface area contributed by atoms with Crippen LogP contribution in [0.15, 0.2) is 48.3 Å². The minimum atomic E-state index is -0.823. The standard InChI is InChI=1S/C17H12ClN3O4/c1-25-14-3-2-11(18)8-10(14)9-13-15(22)20-17(24)21(16(13)23)12-4-6-19-7-5-12/h2-9H,1H3,(H,20,22,24)/b13-9+. The summed E-state index contributed by atoms with van der Waals surface area (Å²) in [6.45, 7) is 0. The molecular formula is C17H12ClN3O4. The van der Waals surface area contributed by atoms with Gasteiger partial charge in [-0.15, -0.1) is 0 Å². The summed E-state index contributed by atoms with van der Waals surface area (Å²) in [5.41, 5.74) is 0.531. The lowest BCUT2D eigenvalue weighted by atomic mass is 10.1. The van der Waals surface area contributed by atoms with Gasteiger partial charge in [-0.3, -0.25) is 19.9 Å². The number of urea groups is 1. The molecule has 0 spiro atoms. The summed E-state index contributed by atoms with van der Waals surface area (Å²) < 4.78 is 5.21. The van der Waals surface area contributed by atoms with Crippen molar-refractivity contribution < 1.29 is 19.1 Å². The van der Waals surface area contributed by atoms with E-state index >= 15 is 0 Å². The Hall–Kier alpha value is -3.19. The van der Waals surface area contributed by atoms with Gasteiger partial charge < -0.3 is 4.74 Å². The van der Waals surface area contributed by atoms with Gasteiger partial charge in [0.2, 0.25) is 0 Å². The number of methoxy groups -OCH3 is 1. The molecule has 3 rings (SSSR count). The molecule has 2 heterocycles. The molecule has 1 N–H and O–H groups in total. The summed E-state index contributed by atoms with van der Waals surface area (Å²) in [5, 5.41) is 2.56. The first-order valence-corrected chi connectivity index (χ1v) is 7.54. The normalized spacial score (nSPS) is 16.2. The summed E-state index contributed by atoms with van der Waals surface area (Å²) in [6.07, 6.45) is 4.22. The molecule has 1 saturated heterocycles. The Kier molecular flexibility index (Phi) is 4.49. The van der Waals surface area contributed by atoms with E-state index in [0.29, 0.717) is 22.0 Å². The van der Waals surface area contributed by atoms with E-state index in [1.54, 1.807) is 18.2 Å². The Morgan fingerprint density at radius 3 is 2.56 bits per heavy atom. The molecule has 1 aromatic heterocycles. The summed E-state index contributed by atoms with van der Waals surface area (Å²) in [5.74, 6) is -1.10. The van der Waals surface area contributed by atoms with E-state index in [4.69, 9.17) is 16.3 Å². The molecule has 0 unspecified atom stereocenters. The van der Waals surface area contributed by atoms with Gasteiger partial charge in [-0.1, -0.05) is 11.6 Å². The maximum absolute atomic E-state index is 12.7. The largest absolute Gasteiger partial charge is 0.496 e. The van der Waals surface area contributed by atoms with Crippen molar-refractivity contribution in [2.45, 2.75) is 0 Å². The second-order valence-electron chi connectivity index (χ2n) is 5.05. The molecule has 1 aromatic carbocycles. The van der Waals surface area contributed by atoms with E-state index in [1.165, 1.54) is 37.7 Å². The summed E-state index contributed by atoms with van der Waals surface area (Å²) >= 11 is 5.97. The van der Waals surface area contributed by atoms with Crippen LogP contribution in [-0.4, -0.2) is 29.9 Å². The van der Waals surface area contributed by atoms with E-state index < -0.39 is 17.8 Å². The second kappa shape index (κ2) is 6.74. The van der Waals surface area contributed by atoms with E-state index in [9.17, 15) is 14.4 Å². The van der Waals surface area contributed by atoms with Crippen LogP contribution in [0.25, 0.3) is 6.08 Å². The number of carbonyl (C=O) groups is 3. The van der Waals surface area contributed by atoms with Crippen LogP contribution in [0.5, 0.6) is 5.75 Å². The number of imide groups is 2. The van der Waals surface area contributed by atoms with Crippen LogP contribution in [0.4, 0.5) is 10.5 Å². The predicted molar refractivity (Wildman–Crippen MR) is 91.2 cm³/mol. The molecule has 126 valence electrons. The molecule has 2 aromatic rings. The molecule has 4 amide bonds. The Balaban J connectivity index is 2.07. The topological polar surface area (TPSA) is 88.6 Å². The highest BCUT2D eigenvalue weighted by Crippen LogP contribution is 2.27. The number of pyridine rings is 1. The van der Waals surface area contributed by atoms with Crippen LogP contribution in [0.1, 0.15) is 5.56 Å². The van der Waals surface area contributed by atoms with Gasteiger partial charge in [-0.05, 0) is 36.4 Å². The van der Waals surface area contributed by atoms with Gasteiger partial charge in [0, 0.05) is 23.0 Å². The van der Waals surface area contributed by atoms with Gasteiger partial charge in [0.1, 0.15) is 11.3 Å². The fourth-order valence-electron chi connectivity index (χ4n) is 2.36. The zero-order valence-corrected chi connectivity index (χ0v) is 13.8. The minimum Gasteiger partial charge on any atom is -0.496 e. The van der Waals surface area contributed by atoms with Crippen LogP contribution in [0.3, 0.4) is 0 Å². The summed E-state index contributed by atoms with van der Waals surface area (Å²) in [4.78, 5) is 41.6. The number of halogens is 1. The zero-order valence-electron chi connectivity index (χ0n) is 13.0. The van der Waals surface area contributed by atoms with Gasteiger partial charge in [-0.25, -0.2) is 9.69 Å². The maximum Gasteiger partial charge on any atom is 0.335 e. The molecule has 0 saturated carbocycles. The minimum absolute atomic E-state index is 0.211. The number of carbonyl (C=O) groups excluding carboxylic acids is 3. The number of benzene rings is 1. The van der Waals surface area contributed by atoms with Crippen molar-refractivity contribution in [1.82, 2.24) is 10.3 Å². The van der Waals surface area contributed by atoms with Crippen molar-refractivity contribution in [3.63, 3.8) is 0 Å². The van der Waals surface area contributed by atoms with Crippen LogP contribution < -0.4 is 15.0 Å². The first kappa shape index (κ1) is 16.7. The van der Waals surface area contributed by atoms with Crippen molar-refractivity contribution in [2.75, 3.05) is 12.0 Å². The summed E-state index contributed by atoms with van der Waals surface area (Å²) in [7, 11) is 1.46. The van der Waals surface area contributed by atoms with Crippen molar-refractivity contribution in [3.05, 3.63) is 58.9 Å². The van der Waals surface area contributed by atoms with Crippen molar-refractivity contribution >= 4 is 41.2 Å². The third-order valence-electron chi connectivity index (χ3n) is 3.51. The Bertz CT molecular complexity index is 896. The molecule has 1 aliphatic heterocycles. The van der Waals surface area contributed by atoms with Gasteiger partial charge in [0.25, 0.3) is 11.8 Å². The number of anilines is 1. The number of barbiturate groups is 1. The second-order valence-corrected chi connectivity index (χ2v) is 5.49. The molecule has 0 atom stereocenters. The first-order valence-electron chi connectivity index (χ1n) is 7.16. The van der Waals surface area contributed by atoms with Crippen LogP contribution in [0, 0.1) is 0 Å². The highest BCUT2D eigenvalue weighted by atomic mass is 35.5. The van der Waals surface area contributed by atoms with E-state index in [1.807, 2.05) is 0 Å². The Morgan fingerprint density at radius 2 is 1.88 bits per heavy atom. The smallest absolute Gasteiger partial charge is 0.335 e. The first-order chi connectivity index (χ1) is 12.0. The molecule has 0 aliphatic carbocycles. The number of ether oxygens (including phenoxy) is 1. The van der Waals surface area contributed by atoms with Gasteiger partial charge in [0.05, 0.1) is 12.8 Å². The zero-order chi connectivity index (χ0) is 18.0. The van der Waals surface area contributed by atoms with Gasteiger partial charge in [-0.2, -0.15) is 0 Å². The molecule has 1 fully saturated rings. The lowest BCUT2D eigenvalue weighted by molar-refractivity contribution is -0.122. The third-order valence-corrected chi connectivity index (χ3v) is 3.75. The molecule has 8 heteroatoms. The highest BCUT2D eigenvalue weighted by Gasteiger charge is 2.36. The maximum atomic E-state index is 12.7. The van der Waals surface area contributed by atoms with Crippen LogP contribution in [-0.2, 0) is 9.59 Å². The van der Waals surface area contributed by atoms with Gasteiger partial charge >= 0.3 is 6.03 Å². The van der Waals surface area contributed by atoms with Crippen molar-refractivity contribution in [2.24, 2.45) is 0 Å². The molecule has 7 nitrogen and oxygen atoms in total. The number of nitrogens with zero attached hydrogens (tertiary/aromatic N) is 2. The Morgan fingerprint density at radius 1 is 1.16 bits per heavy atom. The highest BCUT2D eigenvalue weighted by molar-refractivity contribution is 6.39. The fourth-order valence-corrected chi connectivity index (χ4v) is 2.54. The number of hydrogen-bond acceptors (Lipinski definition) is 5. The number of amides is 4. The summed E-state index contributed by atoms with van der Waals surface area (Å²) in [6, 6.07) is 6.96. The fraction of sp³-hybridized carbons (Fsp3) is 0.0588. The third kappa shape index (κ3) is 3.22. The van der Waals surface area contributed by atoms with Crippen molar-refractivity contribution in [1.29, 1.82) is 0 Å². The van der Waals surface area contributed by atoms with E-state index in [-0.39, 0.29) is 5.57 Å². The molecule has 0 radical (unpaired) electrons. The van der Waals surface area contributed by atoms with E-state index in [2.05, 4.69) is 10.3 Å². The Labute approximate surface area is 147 Å². The lowest BCUT2D eigenvalue weighted by Crippen LogP contribution is -2.54. The quantitative estimate of drug-likeness (QED) is 0.673. The number of aromatic nitrogens is 1. The van der Waals surface area contributed by atoms with Crippen molar-refractivity contribution in [3.8, 4) is 5.75 Å². The molecule has 0 bridgehead atoms. The number of rotatable bonds is 3. The lowest BCUT2D eigenvalue weighted by Gasteiger charge is -2.26. The predicted octanol–water partition coefficient (Wildman–Crippen LogP) is 2.41. The average Bonchev–Trinajstić information content (AvgIpc) is 2.59. The van der Waals surface area contributed by atoms with Gasteiger partial charge in [0.15, 0.2) is 0 Å². The number of hydrogen-bond donors (Lipinski definition) is 1. The van der Waals surface area contributed by atoms with E-state index in [0.717, 1.165) is 4.90 Å². The molecule has 25 heavy (non-hydrogen) atoms. The average molecular weight is 358 g/mol. The molecular weight excluding hydrogens is 346 g/mol. The molecule has 1 aliphatic rings. The number of nitrogens with one attached hydrogen (secondary N) is 1. The van der Waals surface area contributed by atoms with Crippen LogP contribution >= 0.6 is 11.6 Å². The monoisotopic (exact) mass is 357 g/mol.